The smallest absolute Gasteiger partial charge is 0.0644 e. The Morgan fingerprint density at radius 1 is 1.32 bits per heavy atom. The van der Waals surface area contributed by atoms with E-state index in [2.05, 4.69) is 25.8 Å². The predicted octanol–water partition coefficient (Wildman–Crippen LogP) is 1.63. The third-order valence-corrected chi connectivity index (χ3v) is 4.79. The van der Waals surface area contributed by atoms with Crippen LogP contribution in [0.4, 0.5) is 0 Å². The van der Waals surface area contributed by atoms with E-state index in [0.717, 1.165) is 39.2 Å². The maximum atomic E-state index is 6.14. The number of nitrogens with two attached hydrogens (primary N) is 1. The van der Waals surface area contributed by atoms with Crippen molar-refractivity contribution in [3.63, 3.8) is 0 Å². The number of likely N-dealkylation sites (N-methyl/N-ethyl adjacent to an activating group) is 1. The number of ether oxygens (including phenoxy) is 2. The minimum Gasteiger partial charge on any atom is -0.381 e. The van der Waals surface area contributed by atoms with E-state index in [-0.39, 0.29) is 11.1 Å². The number of nitrogens with zero attached hydrogens (tertiary/aromatic N) is 1. The molecule has 0 bridgehead atoms. The first-order valence-electron chi connectivity index (χ1n) is 7.60. The van der Waals surface area contributed by atoms with E-state index in [9.17, 15) is 0 Å². The summed E-state index contributed by atoms with van der Waals surface area (Å²) < 4.78 is 11.5. The van der Waals surface area contributed by atoms with Crippen LogP contribution in [0.25, 0.3) is 0 Å². The van der Waals surface area contributed by atoms with Gasteiger partial charge in [0, 0.05) is 31.8 Å². The van der Waals surface area contributed by atoms with Crippen LogP contribution in [-0.4, -0.2) is 56.0 Å². The Balaban J connectivity index is 1.98. The first-order valence-corrected chi connectivity index (χ1v) is 7.60. The summed E-state index contributed by atoms with van der Waals surface area (Å²) in [5, 5.41) is 0. The summed E-state index contributed by atoms with van der Waals surface area (Å²) in [5.74, 6) is 0.660. The molecule has 0 aromatic heterocycles. The monoisotopic (exact) mass is 270 g/mol. The predicted molar refractivity (Wildman–Crippen MR) is 77.2 cm³/mol. The summed E-state index contributed by atoms with van der Waals surface area (Å²) in [5.41, 5.74) is 6.17. The quantitative estimate of drug-likeness (QED) is 0.843. The van der Waals surface area contributed by atoms with Crippen LogP contribution in [-0.2, 0) is 9.47 Å². The zero-order valence-corrected chi connectivity index (χ0v) is 12.8. The van der Waals surface area contributed by atoms with E-state index in [1.165, 1.54) is 12.8 Å². The minimum absolute atomic E-state index is 0.0606. The highest BCUT2D eigenvalue weighted by molar-refractivity contribution is 4.99. The average molecular weight is 270 g/mol. The molecule has 0 amide bonds. The Kier molecular flexibility index (Phi) is 4.88. The van der Waals surface area contributed by atoms with Crippen molar-refractivity contribution in [2.45, 2.75) is 50.7 Å². The summed E-state index contributed by atoms with van der Waals surface area (Å²) in [4.78, 5) is 2.48. The van der Waals surface area contributed by atoms with Crippen LogP contribution in [0.5, 0.6) is 0 Å². The molecule has 2 unspecified atom stereocenters. The fraction of sp³-hybridized carbons (Fsp3) is 1.00. The second-order valence-electron chi connectivity index (χ2n) is 6.93. The molecular weight excluding hydrogens is 240 g/mol. The summed E-state index contributed by atoms with van der Waals surface area (Å²) in [6.07, 6.45) is 4.53. The molecule has 2 N–H and O–H groups in total. The molecule has 0 aromatic rings. The van der Waals surface area contributed by atoms with E-state index >= 15 is 0 Å². The fourth-order valence-corrected chi connectivity index (χ4v) is 3.64. The zero-order chi connectivity index (χ0) is 13.9. The van der Waals surface area contributed by atoms with Crippen molar-refractivity contribution in [3.05, 3.63) is 0 Å². The van der Waals surface area contributed by atoms with Gasteiger partial charge in [-0.2, -0.15) is 0 Å². The molecule has 0 spiro atoms. The topological polar surface area (TPSA) is 47.7 Å². The maximum Gasteiger partial charge on any atom is 0.0644 e. The van der Waals surface area contributed by atoms with Gasteiger partial charge in [0.2, 0.25) is 0 Å². The lowest BCUT2D eigenvalue weighted by Crippen LogP contribution is -2.60. The third kappa shape index (κ3) is 3.69. The van der Waals surface area contributed by atoms with E-state index in [1.54, 1.807) is 0 Å². The lowest BCUT2D eigenvalue weighted by atomic mass is 9.79. The minimum atomic E-state index is -0.0606. The van der Waals surface area contributed by atoms with Crippen molar-refractivity contribution in [2.75, 3.05) is 40.0 Å². The van der Waals surface area contributed by atoms with Gasteiger partial charge in [0.25, 0.3) is 0 Å². The van der Waals surface area contributed by atoms with Crippen LogP contribution in [0.3, 0.4) is 0 Å². The number of hydrogen-bond acceptors (Lipinski definition) is 4. The Bertz CT molecular complexity index is 290. The lowest BCUT2D eigenvalue weighted by Gasteiger charge is -2.50. The van der Waals surface area contributed by atoms with Gasteiger partial charge in [0.1, 0.15) is 0 Å². The van der Waals surface area contributed by atoms with Crippen LogP contribution < -0.4 is 5.73 Å². The van der Waals surface area contributed by atoms with Crippen LogP contribution in [0, 0.1) is 5.92 Å². The molecule has 4 heteroatoms. The highest BCUT2D eigenvalue weighted by Gasteiger charge is 2.43. The van der Waals surface area contributed by atoms with Gasteiger partial charge in [-0.1, -0.05) is 0 Å². The molecule has 0 radical (unpaired) electrons. The van der Waals surface area contributed by atoms with E-state index in [4.69, 9.17) is 15.2 Å². The van der Waals surface area contributed by atoms with Crippen LogP contribution in [0.2, 0.25) is 0 Å². The van der Waals surface area contributed by atoms with Gasteiger partial charge in [-0.15, -0.1) is 0 Å². The Hall–Kier alpha value is -0.160. The molecule has 0 aliphatic carbocycles. The molecular formula is C15H30N2O2. The molecule has 4 nitrogen and oxygen atoms in total. The Morgan fingerprint density at radius 3 is 2.68 bits per heavy atom. The summed E-state index contributed by atoms with van der Waals surface area (Å²) in [7, 11) is 2.23. The largest absolute Gasteiger partial charge is 0.381 e. The van der Waals surface area contributed by atoms with Crippen molar-refractivity contribution in [1.82, 2.24) is 4.90 Å². The van der Waals surface area contributed by atoms with E-state index in [0.29, 0.717) is 12.5 Å². The van der Waals surface area contributed by atoms with Crippen LogP contribution in [0.15, 0.2) is 0 Å². The molecule has 2 rings (SSSR count). The molecule has 112 valence electrons. The van der Waals surface area contributed by atoms with E-state index < -0.39 is 0 Å². The normalized spacial score (nSPS) is 35.5. The van der Waals surface area contributed by atoms with Gasteiger partial charge in [0.15, 0.2) is 0 Å². The summed E-state index contributed by atoms with van der Waals surface area (Å²) in [6.45, 7) is 8.81. The fourth-order valence-electron chi connectivity index (χ4n) is 3.64. The van der Waals surface area contributed by atoms with E-state index in [1.807, 2.05) is 0 Å². The Labute approximate surface area is 117 Å². The van der Waals surface area contributed by atoms with Gasteiger partial charge >= 0.3 is 0 Å². The first-order chi connectivity index (χ1) is 8.97. The van der Waals surface area contributed by atoms with Crippen molar-refractivity contribution >= 4 is 0 Å². The highest BCUT2D eigenvalue weighted by atomic mass is 16.5. The average Bonchev–Trinajstić information content (AvgIpc) is 2.38. The third-order valence-electron chi connectivity index (χ3n) is 4.79. The lowest BCUT2D eigenvalue weighted by molar-refractivity contribution is -0.117. The summed E-state index contributed by atoms with van der Waals surface area (Å²) >= 11 is 0. The van der Waals surface area contributed by atoms with Crippen molar-refractivity contribution in [1.29, 1.82) is 0 Å². The maximum absolute atomic E-state index is 6.14. The SMILES string of the molecule is CN(CC1CCCOC1)C1(CN)CCOC(C)(C)C1. The molecule has 2 aliphatic rings. The second kappa shape index (κ2) is 6.08. The van der Waals surface area contributed by atoms with Crippen LogP contribution >= 0.6 is 0 Å². The molecule has 2 heterocycles. The van der Waals surface area contributed by atoms with Crippen LogP contribution in [0.1, 0.15) is 39.5 Å². The van der Waals surface area contributed by atoms with Gasteiger partial charge < -0.3 is 15.2 Å². The summed E-state index contributed by atoms with van der Waals surface area (Å²) in [6, 6.07) is 0. The zero-order valence-electron chi connectivity index (χ0n) is 12.8. The van der Waals surface area contributed by atoms with Crippen molar-refractivity contribution < 1.29 is 9.47 Å². The van der Waals surface area contributed by atoms with Gasteiger partial charge in [-0.3, -0.25) is 4.90 Å². The molecule has 2 atom stereocenters. The molecule has 19 heavy (non-hydrogen) atoms. The number of rotatable bonds is 4. The standard InChI is InChI=1S/C15H30N2O2/c1-14(2)11-15(12-16,6-8-19-14)17(3)9-13-5-4-7-18-10-13/h13H,4-12,16H2,1-3H3. The van der Waals surface area contributed by atoms with Gasteiger partial charge in [-0.25, -0.2) is 0 Å². The first kappa shape index (κ1) is 15.2. The van der Waals surface area contributed by atoms with Gasteiger partial charge in [-0.05, 0) is 52.5 Å². The van der Waals surface area contributed by atoms with Gasteiger partial charge in [0.05, 0.1) is 12.2 Å². The van der Waals surface area contributed by atoms with Crippen molar-refractivity contribution in [2.24, 2.45) is 11.7 Å². The molecule has 2 aliphatic heterocycles. The number of hydrogen-bond donors (Lipinski definition) is 1. The molecule has 2 fully saturated rings. The second-order valence-corrected chi connectivity index (χ2v) is 6.93. The molecule has 0 aromatic carbocycles. The van der Waals surface area contributed by atoms with Crippen molar-refractivity contribution in [3.8, 4) is 0 Å². The molecule has 0 saturated carbocycles. The Morgan fingerprint density at radius 2 is 2.11 bits per heavy atom. The molecule has 2 saturated heterocycles. The highest BCUT2D eigenvalue weighted by Crippen LogP contribution is 2.36.